The van der Waals surface area contributed by atoms with Gasteiger partial charge in [0.25, 0.3) is 5.91 Å². The highest BCUT2D eigenvalue weighted by Crippen LogP contribution is 2.44. The normalized spacial score (nSPS) is 19.2. The molecule has 2 atom stereocenters. The summed E-state index contributed by atoms with van der Waals surface area (Å²) in [6.45, 7) is 0.0878. The molecule has 2 N–H and O–H groups in total. The van der Waals surface area contributed by atoms with E-state index in [9.17, 15) is 18.0 Å². The van der Waals surface area contributed by atoms with Gasteiger partial charge in [-0.25, -0.2) is 4.68 Å². The molecule has 2 aliphatic rings. The Kier molecular flexibility index (Phi) is 5.00. The monoisotopic (exact) mass is 508 g/mol. The highest BCUT2D eigenvalue weighted by atomic mass is 79.9. The molecule has 2 unspecified atom stereocenters. The smallest absolute Gasteiger partial charge is 0.410 e. The van der Waals surface area contributed by atoms with Gasteiger partial charge in [0.05, 0.1) is 6.04 Å². The fourth-order valence-electron chi connectivity index (χ4n) is 3.77. The van der Waals surface area contributed by atoms with Gasteiger partial charge in [-0.1, -0.05) is 28.1 Å². The summed E-state index contributed by atoms with van der Waals surface area (Å²) >= 11 is 3.33. The minimum Gasteiger partial charge on any atom is -0.454 e. The van der Waals surface area contributed by atoms with Crippen molar-refractivity contribution in [3.05, 3.63) is 64.3 Å². The van der Waals surface area contributed by atoms with Crippen LogP contribution in [-0.2, 0) is 0 Å². The summed E-state index contributed by atoms with van der Waals surface area (Å²) in [5.41, 5.74) is 0.996. The van der Waals surface area contributed by atoms with Crippen LogP contribution in [0.1, 0.15) is 34.6 Å². The highest BCUT2D eigenvalue weighted by molar-refractivity contribution is 9.10. The van der Waals surface area contributed by atoms with Crippen molar-refractivity contribution in [2.24, 2.45) is 0 Å². The third-order valence-electron chi connectivity index (χ3n) is 5.33. The van der Waals surface area contributed by atoms with Gasteiger partial charge in [0.2, 0.25) is 6.79 Å². The molecule has 0 bridgehead atoms. The molecule has 0 saturated carbocycles. The molecule has 3 heterocycles. The van der Waals surface area contributed by atoms with E-state index in [1.807, 2.05) is 0 Å². The highest BCUT2D eigenvalue weighted by Gasteiger charge is 2.46. The minimum absolute atomic E-state index is 0.0878. The van der Waals surface area contributed by atoms with E-state index in [2.05, 4.69) is 31.7 Å². The molecule has 1 amide bonds. The summed E-state index contributed by atoms with van der Waals surface area (Å²) in [7, 11) is 0. The molecule has 0 radical (unpaired) electrons. The van der Waals surface area contributed by atoms with Crippen LogP contribution in [0.15, 0.2) is 53.0 Å². The number of hydrogen-bond acceptors (Lipinski definition) is 5. The zero-order chi connectivity index (χ0) is 22.5. The molecule has 32 heavy (non-hydrogen) atoms. The molecule has 166 valence electrons. The van der Waals surface area contributed by atoms with E-state index >= 15 is 0 Å². The van der Waals surface area contributed by atoms with E-state index < -0.39 is 24.2 Å². The SMILES string of the molecule is O=C(Nc1ccc2c(c1)OCO2)c1cc2n(n1)C(C(F)(F)F)CC(c1ccc(Br)cc1)N2. The molecule has 11 heteroatoms. The first-order valence-corrected chi connectivity index (χ1v) is 10.5. The fourth-order valence-corrected chi connectivity index (χ4v) is 4.03. The van der Waals surface area contributed by atoms with E-state index in [1.54, 1.807) is 42.5 Å². The minimum atomic E-state index is -4.53. The fraction of sp³-hybridized carbons (Fsp3) is 0.238. The van der Waals surface area contributed by atoms with E-state index in [0.29, 0.717) is 22.7 Å². The Morgan fingerprint density at radius 2 is 1.88 bits per heavy atom. The van der Waals surface area contributed by atoms with Crippen molar-refractivity contribution < 1.29 is 27.4 Å². The van der Waals surface area contributed by atoms with Crippen molar-refractivity contribution >= 4 is 33.3 Å². The first kappa shape index (κ1) is 20.7. The van der Waals surface area contributed by atoms with E-state index in [1.165, 1.54) is 6.07 Å². The van der Waals surface area contributed by atoms with Crippen LogP contribution in [0, 0.1) is 0 Å². The maximum absolute atomic E-state index is 13.8. The molecular weight excluding hydrogens is 493 g/mol. The molecule has 1 aromatic heterocycles. The summed E-state index contributed by atoms with van der Waals surface area (Å²) in [5.74, 6) is 0.524. The third kappa shape index (κ3) is 3.88. The van der Waals surface area contributed by atoms with Crippen molar-refractivity contribution in [2.75, 3.05) is 17.4 Å². The average Bonchev–Trinajstić information content (AvgIpc) is 3.39. The molecular formula is C21H16BrF3N4O3. The van der Waals surface area contributed by atoms with Crippen molar-refractivity contribution in [1.82, 2.24) is 9.78 Å². The number of amides is 1. The van der Waals surface area contributed by atoms with Crippen LogP contribution < -0.4 is 20.1 Å². The summed E-state index contributed by atoms with van der Waals surface area (Å²) in [6, 6.07) is 10.8. The average molecular weight is 509 g/mol. The number of hydrogen-bond donors (Lipinski definition) is 2. The number of anilines is 2. The van der Waals surface area contributed by atoms with Gasteiger partial charge < -0.3 is 20.1 Å². The number of nitrogens with zero attached hydrogens (tertiary/aromatic N) is 2. The Morgan fingerprint density at radius 1 is 1.12 bits per heavy atom. The van der Waals surface area contributed by atoms with Gasteiger partial charge in [-0.05, 0) is 29.8 Å². The lowest BCUT2D eigenvalue weighted by atomic mass is 9.97. The first-order chi connectivity index (χ1) is 15.3. The summed E-state index contributed by atoms with van der Waals surface area (Å²) in [5, 5.41) is 9.68. The molecule has 3 aromatic rings. The number of aromatic nitrogens is 2. The summed E-state index contributed by atoms with van der Waals surface area (Å²) < 4.78 is 53.7. The van der Waals surface area contributed by atoms with Crippen molar-refractivity contribution in [2.45, 2.75) is 24.7 Å². The number of alkyl halides is 3. The van der Waals surface area contributed by atoms with E-state index in [-0.39, 0.29) is 24.7 Å². The number of carbonyl (C=O) groups excluding carboxylic acids is 1. The van der Waals surface area contributed by atoms with Crippen LogP contribution >= 0.6 is 15.9 Å². The Bertz CT molecular complexity index is 1180. The Morgan fingerprint density at radius 3 is 2.62 bits per heavy atom. The molecule has 0 spiro atoms. The molecule has 5 rings (SSSR count). The van der Waals surface area contributed by atoms with Gasteiger partial charge in [0.15, 0.2) is 23.2 Å². The number of carbonyl (C=O) groups is 1. The number of ether oxygens (including phenoxy) is 2. The maximum Gasteiger partial charge on any atom is 0.410 e. The lowest BCUT2D eigenvalue weighted by molar-refractivity contribution is -0.173. The number of fused-ring (bicyclic) bond motifs is 2. The second-order valence-electron chi connectivity index (χ2n) is 7.42. The maximum atomic E-state index is 13.8. The van der Waals surface area contributed by atoms with Crippen molar-refractivity contribution in [3.8, 4) is 11.5 Å². The lowest BCUT2D eigenvalue weighted by Crippen LogP contribution is -2.35. The number of benzene rings is 2. The molecule has 0 fully saturated rings. The van der Waals surface area contributed by atoms with E-state index in [0.717, 1.165) is 9.15 Å². The topological polar surface area (TPSA) is 77.4 Å². The molecule has 2 aliphatic heterocycles. The second-order valence-corrected chi connectivity index (χ2v) is 8.34. The molecule has 0 saturated heterocycles. The van der Waals surface area contributed by atoms with Gasteiger partial charge >= 0.3 is 6.18 Å². The third-order valence-corrected chi connectivity index (χ3v) is 5.85. The molecule has 0 aliphatic carbocycles. The lowest BCUT2D eigenvalue weighted by Gasteiger charge is -2.33. The van der Waals surface area contributed by atoms with Gasteiger partial charge in [0.1, 0.15) is 5.82 Å². The number of nitrogens with one attached hydrogen (secondary N) is 2. The zero-order valence-electron chi connectivity index (χ0n) is 16.3. The standard InChI is InChI=1S/C21H16BrF3N4O3/c22-12-3-1-11(2-4-12)14-8-18(21(23,24)25)29-19(27-14)9-15(28-29)20(30)26-13-5-6-16-17(7-13)32-10-31-16/h1-7,9,14,18,27H,8,10H2,(H,26,30). The predicted molar refractivity (Wildman–Crippen MR) is 113 cm³/mol. The van der Waals surface area contributed by atoms with Crippen LogP contribution in [-0.4, -0.2) is 28.7 Å². The predicted octanol–water partition coefficient (Wildman–Crippen LogP) is 5.29. The largest absolute Gasteiger partial charge is 0.454 e. The summed E-state index contributed by atoms with van der Waals surface area (Å²) in [6.07, 6.45) is -4.77. The van der Waals surface area contributed by atoms with Crippen LogP contribution in [0.4, 0.5) is 24.7 Å². The summed E-state index contributed by atoms with van der Waals surface area (Å²) in [4.78, 5) is 12.7. The number of halogens is 4. The van der Waals surface area contributed by atoms with Crippen molar-refractivity contribution in [3.63, 3.8) is 0 Å². The molecule has 2 aromatic carbocycles. The molecule has 7 nitrogen and oxygen atoms in total. The quantitative estimate of drug-likeness (QED) is 0.502. The van der Waals surface area contributed by atoms with E-state index in [4.69, 9.17) is 9.47 Å². The Balaban J connectivity index is 1.42. The van der Waals surface area contributed by atoms with Gasteiger partial charge in [-0.15, -0.1) is 0 Å². The Hall–Kier alpha value is -3.21. The first-order valence-electron chi connectivity index (χ1n) is 9.67. The van der Waals surface area contributed by atoms with Crippen molar-refractivity contribution in [1.29, 1.82) is 0 Å². The van der Waals surface area contributed by atoms with Gasteiger partial charge in [-0.3, -0.25) is 4.79 Å². The van der Waals surface area contributed by atoms with Gasteiger partial charge in [-0.2, -0.15) is 18.3 Å². The van der Waals surface area contributed by atoms with Gasteiger partial charge in [0, 0.05) is 28.7 Å². The van der Waals surface area contributed by atoms with Crippen LogP contribution in [0.3, 0.4) is 0 Å². The van der Waals surface area contributed by atoms with Crippen LogP contribution in [0.25, 0.3) is 0 Å². The van der Waals surface area contributed by atoms with Crippen LogP contribution in [0.2, 0.25) is 0 Å². The zero-order valence-corrected chi connectivity index (χ0v) is 17.9. The second kappa shape index (κ2) is 7.73. The van der Waals surface area contributed by atoms with Crippen LogP contribution in [0.5, 0.6) is 11.5 Å². The Labute approximate surface area is 188 Å². The number of rotatable bonds is 3.